The molecule has 0 aliphatic rings. The zero-order chi connectivity index (χ0) is 17.8. The molecule has 0 bridgehead atoms. The summed E-state index contributed by atoms with van der Waals surface area (Å²) in [6.45, 7) is 6.13. The molecule has 0 saturated carbocycles. The second-order valence-corrected chi connectivity index (χ2v) is 6.11. The van der Waals surface area contributed by atoms with Gasteiger partial charge in [0.25, 0.3) is 5.91 Å². The van der Waals surface area contributed by atoms with Crippen molar-refractivity contribution in [2.75, 3.05) is 0 Å². The van der Waals surface area contributed by atoms with E-state index < -0.39 is 0 Å². The Hall–Kier alpha value is -3.14. The Bertz CT molecular complexity index is 901. The van der Waals surface area contributed by atoms with E-state index in [0.29, 0.717) is 5.56 Å². The largest absolute Gasteiger partial charge is 0.318 e. The average Bonchev–Trinajstić information content (AvgIpc) is 2.95. The maximum atomic E-state index is 12.3. The third kappa shape index (κ3) is 3.86. The summed E-state index contributed by atoms with van der Waals surface area (Å²) < 4.78 is 2.12. The third-order valence-electron chi connectivity index (χ3n) is 4.09. The summed E-state index contributed by atoms with van der Waals surface area (Å²) in [6.07, 6.45) is 1.64. The molecular formula is C21H21N3O. The van der Waals surface area contributed by atoms with E-state index in [1.165, 1.54) is 5.56 Å². The van der Waals surface area contributed by atoms with Gasteiger partial charge in [0.15, 0.2) is 0 Å². The Labute approximate surface area is 147 Å². The van der Waals surface area contributed by atoms with Gasteiger partial charge >= 0.3 is 0 Å². The number of carbonyl (C=O) groups is 1. The second-order valence-electron chi connectivity index (χ2n) is 6.11. The number of hydrogen-bond acceptors (Lipinski definition) is 2. The molecule has 4 nitrogen and oxygen atoms in total. The Morgan fingerprint density at radius 1 is 0.960 bits per heavy atom. The molecule has 0 spiro atoms. The molecule has 25 heavy (non-hydrogen) atoms. The van der Waals surface area contributed by atoms with E-state index in [-0.39, 0.29) is 5.91 Å². The number of amides is 1. The lowest BCUT2D eigenvalue weighted by Gasteiger charge is -2.10. The SMILES string of the molecule is Cc1ccc(C=NNC(=O)c2cccc(-n3c(C)ccc3C)c2)cc1. The first-order valence-corrected chi connectivity index (χ1v) is 8.20. The zero-order valence-electron chi connectivity index (χ0n) is 14.7. The minimum absolute atomic E-state index is 0.229. The normalized spacial score (nSPS) is 11.0. The maximum absolute atomic E-state index is 12.3. The summed E-state index contributed by atoms with van der Waals surface area (Å²) in [6, 6.07) is 19.6. The van der Waals surface area contributed by atoms with Crippen molar-refractivity contribution in [2.24, 2.45) is 5.10 Å². The minimum atomic E-state index is -0.229. The van der Waals surface area contributed by atoms with Crippen molar-refractivity contribution in [1.29, 1.82) is 0 Å². The van der Waals surface area contributed by atoms with Crippen LogP contribution in [0.2, 0.25) is 0 Å². The number of aryl methyl sites for hydroxylation is 3. The molecule has 1 amide bonds. The minimum Gasteiger partial charge on any atom is -0.318 e. The highest BCUT2D eigenvalue weighted by molar-refractivity contribution is 5.95. The van der Waals surface area contributed by atoms with Crippen molar-refractivity contribution in [3.63, 3.8) is 0 Å². The number of hydrazone groups is 1. The van der Waals surface area contributed by atoms with Gasteiger partial charge in [-0.15, -0.1) is 0 Å². The van der Waals surface area contributed by atoms with Crippen LogP contribution in [0.4, 0.5) is 0 Å². The highest BCUT2D eigenvalue weighted by Gasteiger charge is 2.08. The van der Waals surface area contributed by atoms with Gasteiger partial charge in [-0.3, -0.25) is 4.79 Å². The van der Waals surface area contributed by atoms with E-state index in [1.54, 1.807) is 12.3 Å². The van der Waals surface area contributed by atoms with Crippen LogP contribution in [0.5, 0.6) is 0 Å². The molecule has 1 heterocycles. The molecule has 0 unspecified atom stereocenters. The van der Waals surface area contributed by atoms with Crippen LogP contribution in [0.15, 0.2) is 65.8 Å². The van der Waals surface area contributed by atoms with Crippen molar-refractivity contribution >= 4 is 12.1 Å². The van der Waals surface area contributed by atoms with Gasteiger partial charge in [0.1, 0.15) is 0 Å². The summed E-state index contributed by atoms with van der Waals surface area (Å²) in [4.78, 5) is 12.3. The lowest BCUT2D eigenvalue weighted by Crippen LogP contribution is -2.18. The fourth-order valence-electron chi connectivity index (χ4n) is 2.74. The first-order chi connectivity index (χ1) is 12.0. The van der Waals surface area contributed by atoms with Gasteiger partial charge in [-0.1, -0.05) is 35.9 Å². The Kier molecular flexibility index (Phi) is 4.80. The number of nitrogens with one attached hydrogen (secondary N) is 1. The van der Waals surface area contributed by atoms with Crippen LogP contribution in [0, 0.1) is 20.8 Å². The smallest absolute Gasteiger partial charge is 0.271 e. The predicted octanol–water partition coefficient (Wildman–Crippen LogP) is 4.17. The fourth-order valence-corrected chi connectivity index (χ4v) is 2.74. The summed E-state index contributed by atoms with van der Waals surface area (Å²) in [5.41, 5.74) is 8.52. The van der Waals surface area contributed by atoms with E-state index >= 15 is 0 Å². The molecule has 0 aliphatic heterocycles. The molecule has 2 aromatic carbocycles. The Morgan fingerprint density at radius 3 is 2.32 bits per heavy atom. The summed E-state index contributed by atoms with van der Waals surface area (Å²) in [7, 11) is 0. The highest BCUT2D eigenvalue weighted by Crippen LogP contribution is 2.17. The molecule has 0 atom stereocenters. The predicted molar refractivity (Wildman–Crippen MR) is 101 cm³/mol. The van der Waals surface area contributed by atoms with Gasteiger partial charge in [-0.2, -0.15) is 5.10 Å². The monoisotopic (exact) mass is 331 g/mol. The van der Waals surface area contributed by atoms with Crippen LogP contribution in [0.3, 0.4) is 0 Å². The van der Waals surface area contributed by atoms with Crippen molar-refractivity contribution < 1.29 is 4.79 Å². The van der Waals surface area contributed by atoms with E-state index in [4.69, 9.17) is 0 Å². The molecular weight excluding hydrogens is 310 g/mol. The van der Waals surface area contributed by atoms with E-state index in [0.717, 1.165) is 22.6 Å². The topological polar surface area (TPSA) is 46.4 Å². The van der Waals surface area contributed by atoms with Crippen LogP contribution in [0.1, 0.15) is 32.9 Å². The molecule has 0 fully saturated rings. The molecule has 126 valence electrons. The molecule has 0 radical (unpaired) electrons. The van der Waals surface area contributed by atoms with Gasteiger partial charge in [-0.05, 0) is 56.7 Å². The summed E-state index contributed by atoms with van der Waals surface area (Å²) in [5, 5.41) is 4.04. The standard InChI is InChI=1S/C21H21N3O/c1-15-7-11-18(12-8-15)14-22-23-21(25)19-5-4-6-20(13-19)24-16(2)9-10-17(24)3/h4-14H,1-3H3,(H,23,25). The maximum Gasteiger partial charge on any atom is 0.271 e. The average molecular weight is 331 g/mol. The first kappa shape index (κ1) is 16.7. The number of rotatable bonds is 4. The first-order valence-electron chi connectivity index (χ1n) is 8.20. The summed E-state index contributed by atoms with van der Waals surface area (Å²) >= 11 is 0. The van der Waals surface area contributed by atoms with Crippen molar-refractivity contribution in [3.8, 4) is 5.69 Å². The van der Waals surface area contributed by atoms with E-state index in [1.807, 2.05) is 63.2 Å². The second kappa shape index (κ2) is 7.18. The summed E-state index contributed by atoms with van der Waals surface area (Å²) in [5.74, 6) is -0.229. The van der Waals surface area contributed by atoms with Gasteiger partial charge in [0.2, 0.25) is 0 Å². The van der Waals surface area contributed by atoms with Crippen LogP contribution in [-0.2, 0) is 0 Å². The number of aromatic nitrogens is 1. The molecule has 4 heteroatoms. The quantitative estimate of drug-likeness (QED) is 0.566. The lowest BCUT2D eigenvalue weighted by atomic mass is 10.2. The fraction of sp³-hybridized carbons (Fsp3) is 0.143. The van der Waals surface area contributed by atoms with Crippen LogP contribution in [-0.4, -0.2) is 16.7 Å². The number of carbonyl (C=O) groups excluding carboxylic acids is 1. The number of nitrogens with zero attached hydrogens (tertiary/aromatic N) is 2. The number of benzene rings is 2. The molecule has 1 aromatic heterocycles. The van der Waals surface area contributed by atoms with Gasteiger partial charge in [0, 0.05) is 22.6 Å². The lowest BCUT2D eigenvalue weighted by molar-refractivity contribution is 0.0955. The van der Waals surface area contributed by atoms with Crippen LogP contribution >= 0.6 is 0 Å². The Balaban J connectivity index is 1.74. The van der Waals surface area contributed by atoms with Crippen LogP contribution in [0.25, 0.3) is 5.69 Å². The third-order valence-corrected chi connectivity index (χ3v) is 4.09. The van der Waals surface area contributed by atoms with Crippen molar-refractivity contribution in [2.45, 2.75) is 20.8 Å². The molecule has 3 aromatic rings. The zero-order valence-corrected chi connectivity index (χ0v) is 14.7. The van der Waals surface area contributed by atoms with Crippen LogP contribution < -0.4 is 5.43 Å². The molecule has 0 aliphatic carbocycles. The highest BCUT2D eigenvalue weighted by atomic mass is 16.2. The molecule has 3 rings (SSSR count). The van der Waals surface area contributed by atoms with Gasteiger partial charge in [-0.25, -0.2) is 5.43 Å². The Morgan fingerprint density at radius 2 is 1.64 bits per heavy atom. The molecule has 0 saturated heterocycles. The van der Waals surface area contributed by atoms with E-state index in [9.17, 15) is 4.79 Å². The number of hydrogen-bond donors (Lipinski definition) is 1. The molecule has 1 N–H and O–H groups in total. The van der Waals surface area contributed by atoms with Crippen molar-refractivity contribution in [3.05, 3.63) is 88.7 Å². The van der Waals surface area contributed by atoms with E-state index in [2.05, 4.69) is 27.2 Å². The van der Waals surface area contributed by atoms with Crippen molar-refractivity contribution in [1.82, 2.24) is 9.99 Å². The van der Waals surface area contributed by atoms with Gasteiger partial charge < -0.3 is 4.57 Å². The van der Waals surface area contributed by atoms with Gasteiger partial charge in [0.05, 0.1) is 6.21 Å².